The molecule has 2 rings (SSSR count). The van der Waals surface area contributed by atoms with Gasteiger partial charge >= 0.3 is 8.60 Å². The fraction of sp³-hybridized carbons (Fsp3) is 0.571. The number of aryl methyl sites for hydroxylation is 2. The monoisotopic (exact) mass is 458 g/mol. The summed E-state index contributed by atoms with van der Waals surface area (Å²) in [5.41, 5.74) is 2.63. The van der Waals surface area contributed by atoms with Crippen molar-refractivity contribution in [1.29, 1.82) is 0 Å². The molecular weight excluding hydrogens is 415 g/mol. The maximum atomic E-state index is 10.2. The van der Waals surface area contributed by atoms with Gasteiger partial charge in [0.25, 0.3) is 0 Å². The lowest BCUT2D eigenvalue weighted by atomic mass is 10.1. The molecule has 4 heteroatoms. The van der Waals surface area contributed by atoms with E-state index >= 15 is 0 Å². The molecule has 178 valence electrons. The molecule has 2 aromatic carbocycles. The third-order valence-electron chi connectivity index (χ3n) is 5.85. The molecule has 0 heterocycles. The fourth-order valence-corrected chi connectivity index (χ4v) is 4.49. The van der Waals surface area contributed by atoms with Crippen LogP contribution in [0.1, 0.15) is 102 Å². The van der Waals surface area contributed by atoms with Crippen LogP contribution in [0.25, 0.3) is 0 Å². The minimum atomic E-state index is -1.99. The van der Waals surface area contributed by atoms with E-state index in [-0.39, 0.29) is 0 Å². The van der Waals surface area contributed by atoms with Crippen molar-refractivity contribution in [3.05, 3.63) is 59.7 Å². The highest BCUT2D eigenvalue weighted by molar-refractivity contribution is 7.41. The summed E-state index contributed by atoms with van der Waals surface area (Å²) in [4.78, 5) is 10.2. The number of rotatable bonds is 18. The summed E-state index contributed by atoms with van der Waals surface area (Å²) in [6.07, 6.45) is 17.9. The maximum absolute atomic E-state index is 10.2. The van der Waals surface area contributed by atoms with E-state index in [0.717, 1.165) is 12.8 Å². The highest BCUT2D eigenvalue weighted by Gasteiger charge is 2.11. The predicted molar refractivity (Wildman–Crippen MR) is 137 cm³/mol. The molecule has 2 aromatic rings. The van der Waals surface area contributed by atoms with E-state index in [9.17, 15) is 4.89 Å². The predicted octanol–water partition coefficient (Wildman–Crippen LogP) is 9.17. The Morgan fingerprint density at radius 3 is 1.25 bits per heavy atom. The Bertz CT molecular complexity index is 638. The molecular formula is C28H43O3P. The van der Waals surface area contributed by atoms with Gasteiger partial charge in [-0.25, -0.2) is 0 Å². The lowest BCUT2D eigenvalue weighted by Crippen LogP contribution is -1.95. The van der Waals surface area contributed by atoms with Crippen LogP contribution in [0.5, 0.6) is 11.5 Å². The van der Waals surface area contributed by atoms with Crippen molar-refractivity contribution in [2.45, 2.75) is 104 Å². The van der Waals surface area contributed by atoms with E-state index in [2.05, 4.69) is 38.1 Å². The van der Waals surface area contributed by atoms with Crippen LogP contribution in [0.2, 0.25) is 0 Å². The van der Waals surface area contributed by atoms with Crippen LogP contribution in [0.3, 0.4) is 0 Å². The summed E-state index contributed by atoms with van der Waals surface area (Å²) >= 11 is 0. The molecule has 0 spiro atoms. The van der Waals surface area contributed by atoms with Crippen molar-refractivity contribution in [3.63, 3.8) is 0 Å². The first-order valence-electron chi connectivity index (χ1n) is 12.7. The van der Waals surface area contributed by atoms with Crippen LogP contribution >= 0.6 is 8.60 Å². The summed E-state index contributed by atoms with van der Waals surface area (Å²) in [6, 6.07) is 16.0. The second kappa shape index (κ2) is 17.0. The van der Waals surface area contributed by atoms with Gasteiger partial charge in [-0.15, -0.1) is 0 Å². The van der Waals surface area contributed by atoms with Crippen LogP contribution in [-0.4, -0.2) is 4.89 Å². The minimum Gasteiger partial charge on any atom is -0.418 e. The van der Waals surface area contributed by atoms with E-state index < -0.39 is 8.60 Å². The Balaban J connectivity index is 1.64. The molecule has 0 aliphatic rings. The largest absolute Gasteiger partial charge is 0.460 e. The van der Waals surface area contributed by atoms with Gasteiger partial charge in [0.2, 0.25) is 0 Å². The SMILES string of the molecule is CCCCCCCCc1ccc(OP(O)Oc2ccc(CCCCCCCC)cc2)cc1. The number of benzene rings is 2. The Labute approximate surface area is 197 Å². The molecule has 0 unspecified atom stereocenters. The summed E-state index contributed by atoms with van der Waals surface area (Å²) in [6.45, 7) is 4.50. The molecule has 0 atom stereocenters. The van der Waals surface area contributed by atoms with Gasteiger partial charge in [-0.3, -0.25) is 0 Å². The molecule has 0 aromatic heterocycles. The van der Waals surface area contributed by atoms with E-state index in [1.54, 1.807) is 0 Å². The third-order valence-corrected chi connectivity index (χ3v) is 6.59. The normalized spacial score (nSPS) is 11.1. The second-order valence-corrected chi connectivity index (χ2v) is 9.58. The number of hydrogen-bond donors (Lipinski definition) is 1. The average molecular weight is 459 g/mol. The van der Waals surface area contributed by atoms with Gasteiger partial charge in [-0.05, 0) is 61.1 Å². The summed E-state index contributed by atoms with van der Waals surface area (Å²) in [5.74, 6) is 1.29. The van der Waals surface area contributed by atoms with E-state index in [4.69, 9.17) is 9.05 Å². The van der Waals surface area contributed by atoms with Crippen molar-refractivity contribution in [1.82, 2.24) is 0 Å². The molecule has 32 heavy (non-hydrogen) atoms. The minimum absolute atomic E-state index is 0.644. The van der Waals surface area contributed by atoms with Crippen LogP contribution in [-0.2, 0) is 12.8 Å². The third kappa shape index (κ3) is 11.9. The molecule has 0 saturated heterocycles. The van der Waals surface area contributed by atoms with Gasteiger partial charge in [-0.1, -0.05) is 102 Å². The van der Waals surface area contributed by atoms with Crippen LogP contribution in [0.4, 0.5) is 0 Å². The zero-order valence-corrected chi connectivity index (χ0v) is 21.1. The Morgan fingerprint density at radius 2 is 0.875 bits per heavy atom. The molecule has 0 fully saturated rings. The Morgan fingerprint density at radius 1 is 0.531 bits per heavy atom. The van der Waals surface area contributed by atoms with Crippen molar-refractivity contribution in [2.75, 3.05) is 0 Å². The molecule has 0 aliphatic carbocycles. The maximum Gasteiger partial charge on any atom is 0.460 e. The summed E-state index contributed by atoms with van der Waals surface area (Å²) < 4.78 is 11.2. The van der Waals surface area contributed by atoms with Crippen molar-refractivity contribution in [2.24, 2.45) is 0 Å². The zero-order valence-electron chi connectivity index (χ0n) is 20.2. The van der Waals surface area contributed by atoms with E-state index in [0.29, 0.717) is 11.5 Å². The van der Waals surface area contributed by atoms with Crippen molar-refractivity contribution < 1.29 is 13.9 Å². The topological polar surface area (TPSA) is 38.7 Å². The molecule has 0 radical (unpaired) electrons. The highest BCUT2D eigenvalue weighted by atomic mass is 31.2. The first-order valence-corrected chi connectivity index (χ1v) is 13.9. The molecule has 3 nitrogen and oxygen atoms in total. The summed E-state index contributed by atoms with van der Waals surface area (Å²) in [5, 5.41) is 0. The van der Waals surface area contributed by atoms with Crippen molar-refractivity contribution >= 4 is 8.60 Å². The average Bonchev–Trinajstić information content (AvgIpc) is 2.80. The first-order chi connectivity index (χ1) is 15.7. The van der Waals surface area contributed by atoms with Gasteiger partial charge in [0.05, 0.1) is 0 Å². The van der Waals surface area contributed by atoms with Gasteiger partial charge in [-0.2, -0.15) is 0 Å². The molecule has 0 aliphatic heterocycles. The summed E-state index contributed by atoms with van der Waals surface area (Å²) in [7, 11) is -1.99. The van der Waals surface area contributed by atoms with E-state index in [1.807, 2.05) is 24.3 Å². The smallest absolute Gasteiger partial charge is 0.418 e. The van der Waals surface area contributed by atoms with Gasteiger partial charge in [0, 0.05) is 0 Å². The molecule has 1 N–H and O–H groups in total. The Hall–Kier alpha value is -1.57. The van der Waals surface area contributed by atoms with Crippen LogP contribution < -0.4 is 9.05 Å². The highest BCUT2D eigenvalue weighted by Crippen LogP contribution is 2.36. The lowest BCUT2D eigenvalue weighted by molar-refractivity contribution is 0.381. The first kappa shape index (κ1) is 26.7. The second-order valence-electron chi connectivity index (χ2n) is 8.74. The van der Waals surface area contributed by atoms with Gasteiger partial charge in [0.1, 0.15) is 11.5 Å². The van der Waals surface area contributed by atoms with E-state index in [1.165, 1.54) is 88.2 Å². The fourth-order valence-electron chi connectivity index (χ4n) is 3.85. The van der Waals surface area contributed by atoms with Gasteiger partial charge in [0.15, 0.2) is 0 Å². The van der Waals surface area contributed by atoms with Crippen LogP contribution in [0, 0.1) is 0 Å². The lowest BCUT2D eigenvalue weighted by Gasteiger charge is -2.13. The Kier molecular flexibility index (Phi) is 14.2. The molecule has 0 amide bonds. The zero-order chi connectivity index (χ0) is 22.9. The number of unbranched alkanes of at least 4 members (excludes halogenated alkanes) is 10. The number of hydrogen-bond acceptors (Lipinski definition) is 3. The standard InChI is InChI=1S/C28H43O3P/c1-3-5-7-9-11-13-15-25-17-21-27(22-18-25)30-32(29)31-28-23-19-26(20-24-28)16-14-12-10-8-6-4-2/h17-24,29H,3-16H2,1-2H3. The molecule has 0 saturated carbocycles. The molecule has 0 bridgehead atoms. The van der Waals surface area contributed by atoms with Gasteiger partial charge < -0.3 is 13.9 Å². The van der Waals surface area contributed by atoms with Crippen molar-refractivity contribution in [3.8, 4) is 11.5 Å². The quantitative estimate of drug-likeness (QED) is 0.179. The van der Waals surface area contributed by atoms with Crippen LogP contribution in [0.15, 0.2) is 48.5 Å².